The van der Waals surface area contributed by atoms with Gasteiger partial charge in [0.25, 0.3) is 0 Å². The summed E-state index contributed by atoms with van der Waals surface area (Å²) in [6.45, 7) is 0. The van der Waals surface area contributed by atoms with Crippen molar-refractivity contribution in [2.45, 2.75) is 25.7 Å². The van der Waals surface area contributed by atoms with E-state index in [0.29, 0.717) is 18.0 Å². The number of anilines is 1. The highest BCUT2D eigenvalue weighted by atomic mass is 32.1. The fourth-order valence-electron chi connectivity index (χ4n) is 1.79. The molecule has 0 aliphatic rings. The molecule has 0 atom stereocenters. The molecule has 2 amide bonds. The van der Waals surface area contributed by atoms with Crippen LogP contribution >= 0.6 is 11.3 Å². The lowest BCUT2D eigenvalue weighted by molar-refractivity contribution is -0.129. The first-order chi connectivity index (χ1) is 10.7. The second-order valence-electron chi connectivity index (χ2n) is 4.60. The summed E-state index contributed by atoms with van der Waals surface area (Å²) >= 11 is 1.33. The fraction of sp³-hybridized carbons (Fsp3) is 0.286. The molecule has 7 nitrogen and oxygen atoms in total. The average Bonchev–Trinajstić information content (AvgIpc) is 2.95. The van der Waals surface area contributed by atoms with Crippen molar-refractivity contribution in [3.63, 3.8) is 0 Å². The minimum atomic E-state index is -0.506. The summed E-state index contributed by atoms with van der Waals surface area (Å²) in [5.41, 5.74) is 2.66. The Balaban J connectivity index is 1.79. The van der Waals surface area contributed by atoms with Gasteiger partial charge in [-0.3, -0.25) is 14.8 Å². The lowest BCUT2D eigenvalue weighted by Gasteiger charge is -2.00. The van der Waals surface area contributed by atoms with Gasteiger partial charge in [-0.05, 0) is 12.0 Å². The molecule has 3 N–H and O–H groups in total. The molecular formula is C14H16N4O3S. The lowest BCUT2D eigenvalue weighted by atomic mass is 10.2. The van der Waals surface area contributed by atoms with E-state index in [1.54, 1.807) is 0 Å². The Morgan fingerprint density at radius 3 is 2.55 bits per heavy atom. The summed E-state index contributed by atoms with van der Waals surface area (Å²) in [7, 11) is 0. The Labute approximate surface area is 131 Å². The molecule has 2 rings (SSSR count). The molecule has 0 bridgehead atoms. The van der Waals surface area contributed by atoms with E-state index in [2.05, 4.69) is 15.5 Å². The van der Waals surface area contributed by atoms with Crippen LogP contribution in [0.5, 0.6) is 0 Å². The van der Waals surface area contributed by atoms with Crippen LogP contribution in [0.3, 0.4) is 0 Å². The van der Waals surface area contributed by atoms with Gasteiger partial charge >= 0.3 is 0 Å². The normalized spacial score (nSPS) is 10.2. The highest BCUT2D eigenvalue weighted by Gasteiger charge is 2.09. The van der Waals surface area contributed by atoms with Crippen LogP contribution in [0, 0.1) is 0 Å². The van der Waals surface area contributed by atoms with Gasteiger partial charge in [0.1, 0.15) is 5.01 Å². The first-order valence-electron chi connectivity index (χ1n) is 6.76. The van der Waals surface area contributed by atoms with Gasteiger partial charge in [0.05, 0.1) is 0 Å². The Kier molecular flexibility index (Phi) is 5.99. The topological polar surface area (TPSA) is 104 Å². The number of benzene rings is 1. The summed E-state index contributed by atoms with van der Waals surface area (Å²) in [5, 5.41) is 20.2. The van der Waals surface area contributed by atoms with E-state index in [1.807, 2.05) is 30.3 Å². The van der Waals surface area contributed by atoms with Crippen molar-refractivity contribution in [2.75, 3.05) is 5.32 Å². The maximum atomic E-state index is 11.7. The van der Waals surface area contributed by atoms with Gasteiger partial charge in [-0.1, -0.05) is 41.7 Å². The number of carbonyl (C=O) groups excluding carboxylic acids is 2. The van der Waals surface area contributed by atoms with Crippen molar-refractivity contribution in [1.29, 1.82) is 0 Å². The Morgan fingerprint density at radius 1 is 1.09 bits per heavy atom. The first-order valence-corrected chi connectivity index (χ1v) is 7.58. The van der Waals surface area contributed by atoms with Crippen molar-refractivity contribution in [1.82, 2.24) is 15.7 Å². The molecule has 2 aromatic rings. The highest BCUT2D eigenvalue weighted by molar-refractivity contribution is 7.15. The van der Waals surface area contributed by atoms with Crippen LogP contribution in [-0.2, 0) is 16.0 Å². The molecule has 0 saturated heterocycles. The van der Waals surface area contributed by atoms with Crippen molar-refractivity contribution in [3.8, 4) is 0 Å². The number of hydrogen-bond acceptors (Lipinski definition) is 6. The summed E-state index contributed by atoms with van der Waals surface area (Å²) < 4.78 is 0. The number of rotatable bonds is 7. The SMILES string of the molecule is O=C(CCCC(=O)Nc1nnc(Cc2ccccc2)s1)NO. The smallest absolute Gasteiger partial charge is 0.243 e. The summed E-state index contributed by atoms with van der Waals surface area (Å²) in [4.78, 5) is 22.5. The van der Waals surface area contributed by atoms with E-state index >= 15 is 0 Å². The minimum Gasteiger partial charge on any atom is -0.301 e. The Bertz CT molecular complexity index is 630. The lowest BCUT2D eigenvalue weighted by Crippen LogP contribution is -2.19. The quantitative estimate of drug-likeness (QED) is 0.532. The minimum absolute atomic E-state index is 0.0965. The number of nitrogens with zero attached hydrogens (tertiary/aromatic N) is 2. The van der Waals surface area contributed by atoms with E-state index in [-0.39, 0.29) is 18.7 Å². The van der Waals surface area contributed by atoms with Crippen LogP contribution in [0.2, 0.25) is 0 Å². The molecule has 1 aromatic carbocycles. The molecule has 0 radical (unpaired) electrons. The number of carbonyl (C=O) groups is 2. The van der Waals surface area contributed by atoms with Gasteiger partial charge in [-0.25, -0.2) is 5.48 Å². The standard InChI is InChI=1S/C14H16N4O3S/c19-11(7-4-8-12(20)18-21)15-14-17-16-13(22-14)9-10-5-2-1-3-6-10/h1-3,5-6,21H,4,7-9H2,(H,18,20)(H,15,17,19). The largest absolute Gasteiger partial charge is 0.301 e. The molecule has 1 heterocycles. The number of amides is 2. The molecule has 0 fully saturated rings. The molecule has 22 heavy (non-hydrogen) atoms. The van der Waals surface area contributed by atoms with Crippen LogP contribution in [0.1, 0.15) is 29.8 Å². The van der Waals surface area contributed by atoms with Crippen molar-refractivity contribution in [3.05, 3.63) is 40.9 Å². The zero-order chi connectivity index (χ0) is 15.8. The fourth-order valence-corrected chi connectivity index (χ4v) is 2.58. The van der Waals surface area contributed by atoms with Crippen LogP contribution in [-0.4, -0.2) is 27.2 Å². The number of hydroxylamine groups is 1. The van der Waals surface area contributed by atoms with E-state index in [1.165, 1.54) is 16.8 Å². The van der Waals surface area contributed by atoms with Gasteiger partial charge in [-0.2, -0.15) is 0 Å². The van der Waals surface area contributed by atoms with E-state index in [9.17, 15) is 9.59 Å². The second kappa shape index (κ2) is 8.20. The van der Waals surface area contributed by atoms with Crippen molar-refractivity contribution >= 4 is 28.3 Å². The van der Waals surface area contributed by atoms with Gasteiger partial charge in [0.2, 0.25) is 16.9 Å². The maximum absolute atomic E-state index is 11.7. The van der Waals surface area contributed by atoms with Gasteiger partial charge in [0, 0.05) is 19.3 Å². The van der Waals surface area contributed by atoms with Crippen molar-refractivity contribution < 1.29 is 14.8 Å². The molecule has 8 heteroatoms. The van der Waals surface area contributed by atoms with E-state index < -0.39 is 5.91 Å². The Hall–Kier alpha value is -2.32. The second-order valence-corrected chi connectivity index (χ2v) is 5.66. The molecule has 0 spiro atoms. The summed E-state index contributed by atoms with van der Waals surface area (Å²) in [6.07, 6.45) is 1.30. The van der Waals surface area contributed by atoms with Gasteiger partial charge in [0.15, 0.2) is 0 Å². The molecule has 0 saturated carbocycles. The van der Waals surface area contributed by atoms with Crippen LogP contribution in [0.15, 0.2) is 30.3 Å². The Morgan fingerprint density at radius 2 is 1.82 bits per heavy atom. The third kappa shape index (κ3) is 5.23. The number of hydrogen-bond donors (Lipinski definition) is 3. The monoisotopic (exact) mass is 320 g/mol. The number of aromatic nitrogens is 2. The first kappa shape index (κ1) is 16.1. The third-order valence-electron chi connectivity index (χ3n) is 2.84. The molecular weight excluding hydrogens is 304 g/mol. The molecule has 1 aromatic heterocycles. The average molecular weight is 320 g/mol. The molecule has 0 aliphatic carbocycles. The third-order valence-corrected chi connectivity index (χ3v) is 3.68. The van der Waals surface area contributed by atoms with E-state index in [0.717, 1.165) is 10.6 Å². The maximum Gasteiger partial charge on any atom is 0.243 e. The number of nitrogens with one attached hydrogen (secondary N) is 2. The summed E-state index contributed by atoms with van der Waals surface area (Å²) in [5.74, 6) is -0.734. The van der Waals surface area contributed by atoms with Crippen LogP contribution in [0.4, 0.5) is 5.13 Å². The molecule has 0 unspecified atom stereocenters. The predicted molar refractivity (Wildman–Crippen MR) is 81.6 cm³/mol. The highest BCUT2D eigenvalue weighted by Crippen LogP contribution is 2.18. The zero-order valence-electron chi connectivity index (χ0n) is 11.8. The zero-order valence-corrected chi connectivity index (χ0v) is 12.6. The predicted octanol–water partition coefficient (Wildman–Crippen LogP) is 1.74. The van der Waals surface area contributed by atoms with Crippen LogP contribution in [0.25, 0.3) is 0 Å². The van der Waals surface area contributed by atoms with Crippen molar-refractivity contribution in [2.24, 2.45) is 0 Å². The van der Waals surface area contributed by atoms with E-state index in [4.69, 9.17) is 5.21 Å². The van der Waals surface area contributed by atoms with Crippen LogP contribution < -0.4 is 10.8 Å². The molecule has 116 valence electrons. The van der Waals surface area contributed by atoms with Gasteiger partial charge in [-0.15, -0.1) is 10.2 Å². The van der Waals surface area contributed by atoms with Gasteiger partial charge < -0.3 is 5.32 Å². The summed E-state index contributed by atoms with van der Waals surface area (Å²) in [6, 6.07) is 9.88. The molecule has 0 aliphatic heterocycles.